The molecule has 0 amide bonds. The van der Waals surface area contributed by atoms with Crippen LogP contribution in [0.4, 0.5) is 8.78 Å². The van der Waals surface area contributed by atoms with Crippen molar-refractivity contribution in [2.75, 3.05) is 14.2 Å². The smallest absolute Gasteiger partial charge is 0.387 e. The number of thiocarbonyl (C=S) groups is 1. The predicted octanol–water partition coefficient (Wildman–Crippen LogP) is 1.83. The molecule has 2 N–H and O–H groups in total. The molecule has 0 radical (unpaired) electrons. The quantitative estimate of drug-likeness (QED) is 0.435. The monoisotopic (exact) mass is 386 g/mol. The van der Waals surface area contributed by atoms with E-state index >= 15 is 0 Å². The molecule has 0 fully saturated rings. The maximum absolute atomic E-state index is 12.6. The molecule has 140 valence electrons. The van der Waals surface area contributed by atoms with Gasteiger partial charge in [-0.15, -0.1) is 0 Å². The summed E-state index contributed by atoms with van der Waals surface area (Å²) in [7, 11) is 2.39. The van der Waals surface area contributed by atoms with Gasteiger partial charge in [0.05, 0.1) is 25.8 Å². The third kappa shape index (κ3) is 4.07. The molecule has 7 nitrogen and oxygen atoms in total. The predicted molar refractivity (Wildman–Crippen MR) is 91.0 cm³/mol. The number of halogens is 2. The summed E-state index contributed by atoms with van der Waals surface area (Å²) in [5.74, 6) is -2.07. The molecule has 1 aliphatic heterocycles. The van der Waals surface area contributed by atoms with E-state index in [0.717, 1.165) is 7.11 Å². The first-order chi connectivity index (χ1) is 12.3. The van der Waals surface area contributed by atoms with Gasteiger partial charge in [0, 0.05) is 5.70 Å². The summed E-state index contributed by atoms with van der Waals surface area (Å²) < 4.78 is 39.2. The van der Waals surface area contributed by atoms with E-state index < -0.39 is 24.4 Å². The van der Waals surface area contributed by atoms with Crippen LogP contribution in [0.5, 0.6) is 11.5 Å². The van der Waals surface area contributed by atoms with E-state index in [-0.39, 0.29) is 22.2 Å². The Balaban J connectivity index is 2.52. The first-order valence-electron chi connectivity index (χ1n) is 7.32. The molecule has 0 saturated carbocycles. The van der Waals surface area contributed by atoms with E-state index in [1.807, 2.05) is 0 Å². The van der Waals surface area contributed by atoms with Gasteiger partial charge in [0.2, 0.25) is 0 Å². The van der Waals surface area contributed by atoms with Crippen LogP contribution >= 0.6 is 12.2 Å². The lowest BCUT2D eigenvalue weighted by Crippen LogP contribution is -2.46. The topological polar surface area (TPSA) is 85.9 Å². The molecule has 1 atom stereocenters. The summed E-state index contributed by atoms with van der Waals surface area (Å²) in [6.07, 6.45) is 0. The number of allylic oxidation sites excluding steroid dienone is 1. The second-order valence-corrected chi connectivity index (χ2v) is 5.59. The molecular formula is C16H16F2N2O5S. The maximum Gasteiger partial charge on any atom is 0.387 e. The van der Waals surface area contributed by atoms with E-state index in [1.165, 1.54) is 19.2 Å². The van der Waals surface area contributed by atoms with Crippen LogP contribution in [0.2, 0.25) is 0 Å². The van der Waals surface area contributed by atoms with Gasteiger partial charge in [0.15, 0.2) is 16.6 Å². The molecule has 2 rings (SSSR count). The number of hydrogen-bond donors (Lipinski definition) is 2. The van der Waals surface area contributed by atoms with Crippen LogP contribution in [0.3, 0.4) is 0 Å². The minimum Gasteiger partial charge on any atom is -0.493 e. The third-order valence-electron chi connectivity index (χ3n) is 3.62. The van der Waals surface area contributed by atoms with Crippen LogP contribution in [0.15, 0.2) is 29.5 Å². The summed E-state index contributed by atoms with van der Waals surface area (Å²) in [6.45, 7) is -1.49. The minimum atomic E-state index is -3.06. The number of esters is 1. The zero-order valence-electron chi connectivity index (χ0n) is 14.1. The Hall–Kier alpha value is -2.75. The fourth-order valence-corrected chi connectivity index (χ4v) is 2.78. The number of nitrogens with one attached hydrogen (secondary N) is 2. The number of Topliss-reactive ketones (excluding diaryl/α,β-unsaturated/α-hetero) is 1. The van der Waals surface area contributed by atoms with E-state index in [1.54, 1.807) is 13.0 Å². The van der Waals surface area contributed by atoms with Crippen molar-refractivity contribution in [3.63, 3.8) is 0 Å². The zero-order chi connectivity index (χ0) is 19.4. The van der Waals surface area contributed by atoms with Crippen molar-refractivity contribution in [1.29, 1.82) is 0 Å². The van der Waals surface area contributed by atoms with Crippen LogP contribution in [0.25, 0.3) is 0 Å². The van der Waals surface area contributed by atoms with Gasteiger partial charge in [-0.25, -0.2) is 4.79 Å². The molecule has 0 aromatic heterocycles. The molecule has 0 bridgehead atoms. The van der Waals surface area contributed by atoms with Crippen LogP contribution in [-0.4, -0.2) is 37.7 Å². The second-order valence-electron chi connectivity index (χ2n) is 5.18. The molecule has 0 spiro atoms. The molecule has 1 aromatic carbocycles. The highest BCUT2D eigenvalue weighted by Crippen LogP contribution is 2.35. The van der Waals surface area contributed by atoms with Crippen LogP contribution in [0.1, 0.15) is 18.5 Å². The molecule has 1 aliphatic rings. The van der Waals surface area contributed by atoms with Crippen molar-refractivity contribution in [2.45, 2.75) is 19.6 Å². The van der Waals surface area contributed by atoms with Crippen LogP contribution < -0.4 is 20.1 Å². The Morgan fingerprint density at radius 3 is 2.50 bits per heavy atom. The molecule has 1 heterocycles. The standard InChI is InChI=1S/C16H16F2N2O5S/c1-7-11(13(21)14(22)24-3)12(20-16(26)19-7)8-4-5-9(23-2)10(6-8)25-15(17)18/h4-6,12,15H,1-3H3,(H2,19,20,26)/t12-/m0/s1. The largest absolute Gasteiger partial charge is 0.493 e. The highest BCUT2D eigenvalue weighted by atomic mass is 32.1. The van der Waals surface area contributed by atoms with E-state index in [4.69, 9.17) is 17.0 Å². The number of benzene rings is 1. The van der Waals surface area contributed by atoms with Crippen LogP contribution in [-0.2, 0) is 14.3 Å². The lowest BCUT2D eigenvalue weighted by atomic mass is 9.92. The summed E-state index contributed by atoms with van der Waals surface area (Å²) in [6, 6.07) is 3.38. The normalized spacial score (nSPS) is 16.7. The maximum atomic E-state index is 12.6. The molecule has 10 heteroatoms. The van der Waals surface area contributed by atoms with Crippen molar-refractivity contribution < 1.29 is 32.6 Å². The Kier molecular flexibility index (Phi) is 6.09. The van der Waals surface area contributed by atoms with Gasteiger partial charge >= 0.3 is 12.6 Å². The van der Waals surface area contributed by atoms with Gasteiger partial charge < -0.3 is 24.8 Å². The van der Waals surface area contributed by atoms with Crippen molar-refractivity contribution in [1.82, 2.24) is 10.6 Å². The Morgan fingerprint density at radius 1 is 1.23 bits per heavy atom. The number of alkyl halides is 2. The molecule has 0 aliphatic carbocycles. The highest BCUT2D eigenvalue weighted by molar-refractivity contribution is 7.80. The van der Waals surface area contributed by atoms with Crippen molar-refractivity contribution in [3.05, 3.63) is 35.0 Å². The number of methoxy groups -OCH3 is 2. The first kappa shape index (κ1) is 19.6. The van der Waals surface area contributed by atoms with Gasteiger partial charge in [-0.3, -0.25) is 4.79 Å². The van der Waals surface area contributed by atoms with Gasteiger partial charge in [-0.1, -0.05) is 6.07 Å². The Labute approximate surface area is 153 Å². The van der Waals surface area contributed by atoms with Gasteiger partial charge in [0.25, 0.3) is 5.78 Å². The van der Waals surface area contributed by atoms with Gasteiger partial charge in [0.1, 0.15) is 0 Å². The molecule has 1 aromatic rings. The summed E-state index contributed by atoms with van der Waals surface area (Å²) >= 11 is 5.09. The highest BCUT2D eigenvalue weighted by Gasteiger charge is 2.34. The van der Waals surface area contributed by atoms with Gasteiger partial charge in [-0.2, -0.15) is 8.78 Å². The second kappa shape index (κ2) is 8.09. The van der Waals surface area contributed by atoms with Crippen molar-refractivity contribution in [2.24, 2.45) is 0 Å². The summed E-state index contributed by atoms with van der Waals surface area (Å²) in [5.41, 5.74) is 0.775. The third-order valence-corrected chi connectivity index (χ3v) is 3.84. The molecule has 0 saturated heterocycles. The first-order valence-corrected chi connectivity index (χ1v) is 7.73. The number of hydrogen-bond acceptors (Lipinski definition) is 6. The summed E-state index contributed by atoms with van der Waals surface area (Å²) in [4.78, 5) is 24.1. The summed E-state index contributed by atoms with van der Waals surface area (Å²) in [5, 5.41) is 5.80. The van der Waals surface area contributed by atoms with E-state index in [0.29, 0.717) is 11.3 Å². The fourth-order valence-electron chi connectivity index (χ4n) is 2.51. The Morgan fingerprint density at radius 2 is 1.92 bits per heavy atom. The number of carbonyl (C=O) groups is 2. The lowest BCUT2D eigenvalue weighted by Gasteiger charge is -2.30. The Bertz CT molecular complexity index is 782. The average molecular weight is 386 g/mol. The van der Waals surface area contributed by atoms with Crippen LogP contribution in [0, 0.1) is 0 Å². The number of carbonyl (C=O) groups excluding carboxylic acids is 2. The van der Waals surface area contributed by atoms with E-state index in [9.17, 15) is 18.4 Å². The number of ether oxygens (including phenoxy) is 3. The number of rotatable bonds is 6. The van der Waals surface area contributed by atoms with Crippen molar-refractivity contribution >= 4 is 29.1 Å². The molecular weight excluding hydrogens is 370 g/mol. The van der Waals surface area contributed by atoms with E-state index in [2.05, 4.69) is 20.1 Å². The fraction of sp³-hybridized carbons (Fsp3) is 0.312. The molecule has 0 unspecified atom stereocenters. The number of ketones is 1. The molecule has 26 heavy (non-hydrogen) atoms. The average Bonchev–Trinajstić information content (AvgIpc) is 2.59. The van der Waals surface area contributed by atoms with Crippen molar-refractivity contribution in [3.8, 4) is 11.5 Å². The minimum absolute atomic E-state index is 0.0543. The zero-order valence-corrected chi connectivity index (χ0v) is 14.9. The lowest BCUT2D eigenvalue weighted by molar-refractivity contribution is -0.150. The SMILES string of the molecule is COC(=O)C(=O)C1=C(C)NC(=S)N[C@H]1c1ccc(OC)c(OC(F)F)c1. The van der Waals surface area contributed by atoms with Gasteiger partial charge in [-0.05, 0) is 36.8 Å².